The van der Waals surface area contributed by atoms with Crippen molar-refractivity contribution < 1.29 is 9.53 Å². The third-order valence-electron chi connectivity index (χ3n) is 3.27. The molecule has 0 saturated carbocycles. The number of ether oxygens (including phenoxy) is 1. The summed E-state index contributed by atoms with van der Waals surface area (Å²) >= 11 is 3.47. The van der Waals surface area contributed by atoms with Gasteiger partial charge in [0.2, 0.25) is 5.91 Å². The molecule has 98 valence electrons. The van der Waals surface area contributed by atoms with Crippen molar-refractivity contribution in [2.24, 2.45) is 5.92 Å². The van der Waals surface area contributed by atoms with Crippen molar-refractivity contribution in [3.05, 3.63) is 28.2 Å². The molecule has 0 aliphatic carbocycles. The van der Waals surface area contributed by atoms with Crippen LogP contribution < -0.4 is 5.32 Å². The zero-order valence-electron chi connectivity index (χ0n) is 10.5. The van der Waals surface area contributed by atoms with Gasteiger partial charge in [-0.15, -0.1) is 0 Å². The minimum absolute atomic E-state index is 0.0950. The lowest BCUT2D eigenvalue weighted by Gasteiger charge is -2.21. The zero-order valence-corrected chi connectivity index (χ0v) is 12.1. The van der Waals surface area contributed by atoms with E-state index in [0.717, 1.165) is 41.8 Å². The average Bonchev–Trinajstić information content (AvgIpc) is 2.35. The third-order valence-corrected chi connectivity index (χ3v) is 4.12. The maximum Gasteiger partial charge on any atom is 0.224 e. The molecule has 18 heavy (non-hydrogen) atoms. The molecule has 1 amide bonds. The van der Waals surface area contributed by atoms with Crippen LogP contribution in [-0.2, 0) is 9.53 Å². The van der Waals surface area contributed by atoms with Crippen LogP contribution in [0, 0.1) is 12.8 Å². The Morgan fingerprint density at radius 2 is 2.17 bits per heavy atom. The van der Waals surface area contributed by atoms with Crippen molar-refractivity contribution in [2.75, 3.05) is 18.5 Å². The van der Waals surface area contributed by atoms with Gasteiger partial charge in [-0.25, -0.2) is 0 Å². The van der Waals surface area contributed by atoms with E-state index < -0.39 is 0 Å². The molecule has 2 rings (SSSR count). The van der Waals surface area contributed by atoms with Gasteiger partial charge in [0.1, 0.15) is 0 Å². The Morgan fingerprint density at radius 1 is 1.44 bits per heavy atom. The van der Waals surface area contributed by atoms with Crippen molar-refractivity contribution in [2.45, 2.75) is 26.2 Å². The van der Waals surface area contributed by atoms with Crippen LogP contribution in [0.2, 0.25) is 0 Å². The van der Waals surface area contributed by atoms with E-state index in [9.17, 15) is 4.79 Å². The van der Waals surface area contributed by atoms with Crippen molar-refractivity contribution in [1.29, 1.82) is 0 Å². The molecule has 1 fully saturated rings. The number of nitrogens with one attached hydrogen (secondary N) is 1. The van der Waals surface area contributed by atoms with Crippen molar-refractivity contribution in [3.8, 4) is 0 Å². The number of anilines is 1. The second-order valence-corrected chi connectivity index (χ2v) is 5.63. The monoisotopic (exact) mass is 311 g/mol. The largest absolute Gasteiger partial charge is 0.381 e. The van der Waals surface area contributed by atoms with E-state index in [-0.39, 0.29) is 5.91 Å². The van der Waals surface area contributed by atoms with Crippen molar-refractivity contribution in [3.63, 3.8) is 0 Å². The molecular weight excluding hydrogens is 294 g/mol. The SMILES string of the molecule is Cc1ccc(NC(=O)CC2CCOCC2)cc1Br. The highest BCUT2D eigenvalue weighted by Crippen LogP contribution is 2.22. The van der Waals surface area contributed by atoms with Crippen LogP contribution in [0.25, 0.3) is 0 Å². The first-order valence-corrected chi connectivity index (χ1v) is 7.08. The van der Waals surface area contributed by atoms with Crippen LogP contribution in [0.3, 0.4) is 0 Å². The standard InChI is InChI=1S/C14H18BrNO2/c1-10-2-3-12(9-13(10)15)16-14(17)8-11-4-6-18-7-5-11/h2-3,9,11H,4-8H2,1H3,(H,16,17). The fourth-order valence-corrected chi connectivity index (χ4v) is 2.47. The highest BCUT2D eigenvalue weighted by atomic mass is 79.9. The molecule has 1 aromatic rings. The first-order chi connectivity index (χ1) is 8.65. The quantitative estimate of drug-likeness (QED) is 0.927. The van der Waals surface area contributed by atoms with E-state index in [0.29, 0.717) is 12.3 Å². The van der Waals surface area contributed by atoms with E-state index >= 15 is 0 Å². The van der Waals surface area contributed by atoms with E-state index in [4.69, 9.17) is 4.74 Å². The van der Waals surface area contributed by atoms with Crippen LogP contribution in [0.5, 0.6) is 0 Å². The van der Waals surface area contributed by atoms with Gasteiger partial charge in [-0.1, -0.05) is 22.0 Å². The van der Waals surface area contributed by atoms with Crippen LogP contribution in [-0.4, -0.2) is 19.1 Å². The number of rotatable bonds is 3. The molecule has 1 N–H and O–H groups in total. The molecule has 0 radical (unpaired) electrons. The molecule has 0 bridgehead atoms. The van der Waals surface area contributed by atoms with Gasteiger partial charge in [0.25, 0.3) is 0 Å². The molecule has 1 aliphatic rings. The molecule has 0 spiro atoms. The average molecular weight is 312 g/mol. The van der Waals surface area contributed by atoms with Crippen molar-refractivity contribution >= 4 is 27.5 Å². The Bertz CT molecular complexity index is 428. The van der Waals surface area contributed by atoms with Crippen molar-refractivity contribution in [1.82, 2.24) is 0 Å². The molecular formula is C14H18BrNO2. The predicted octanol–water partition coefficient (Wildman–Crippen LogP) is 3.51. The summed E-state index contributed by atoms with van der Waals surface area (Å²) in [6.07, 6.45) is 2.57. The number of carbonyl (C=O) groups is 1. The summed E-state index contributed by atoms with van der Waals surface area (Å²) in [6.45, 7) is 3.60. The second kappa shape index (κ2) is 6.34. The van der Waals surface area contributed by atoms with E-state index in [1.54, 1.807) is 0 Å². The lowest BCUT2D eigenvalue weighted by Crippen LogP contribution is -2.22. The van der Waals surface area contributed by atoms with Crippen LogP contribution in [0.1, 0.15) is 24.8 Å². The van der Waals surface area contributed by atoms with E-state index in [1.165, 1.54) is 0 Å². The molecule has 0 aromatic heterocycles. The summed E-state index contributed by atoms with van der Waals surface area (Å²) in [5.74, 6) is 0.560. The fourth-order valence-electron chi connectivity index (χ4n) is 2.10. The number of amides is 1. The Kier molecular flexibility index (Phi) is 4.78. The van der Waals surface area contributed by atoms with E-state index in [2.05, 4.69) is 21.2 Å². The number of hydrogen-bond acceptors (Lipinski definition) is 2. The summed E-state index contributed by atoms with van der Waals surface area (Å²) in [5, 5.41) is 2.95. The molecule has 1 saturated heterocycles. The molecule has 0 atom stereocenters. The fraction of sp³-hybridized carbons (Fsp3) is 0.500. The highest BCUT2D eigenvalue weighted by molar-refractivity contribution is 9.10. The predicted molar refractivity (Wildman–Crippen MR) is 75.7 cm³/mol. The lowest BCUT2D eigenvalue weighted by atomic mass is 9.96. The second-order valence-electron chi connectivity index (χ2n) is 4.77. The topological polar surface area (TPSA) is 38.3 Å². The summed E-state index contributed by atoms with van der Waals surface area (Å²) in [7, 11) is 0. The van der Waals surface area contributed by atoms with Gasteiger partial charge in [-0.3, -0.25) is 4.79 Å². The summed E-state index contributed by atoms with van der Waals surface area (Å²) in [6, 6.07) is 5.87. The third kappa shape index (κ3) is 3.82. The van der Waals surface area contributed by atoms with Gasteiger partial charge in [0, 0.05) is 29.8 Å². The van der Waals surface area contributed by atoms with Crippen LogP contribution in [0.15, 0.2) is 22.7 Å². The zero-order chi connectivity index (χ0) is 13.0. The van der Waals surface area contributed by atoms with Crippen LogP contribution >= 0.6 is 15.9 Å². The maximum atomic E-state index is 11.9. The Balaban J connectivity index is 1.88. The maximum absolute atomic E-state index is 11.9. The van der Waals surface area contributed by atoms with Gasteiger partial charge in [-0.2, -0.15) is 0 Å². The first-order valence-electron chi connectivity index (χ1n) is 6.29. The molecule has 1 heterocycles. The number of benzene rings is 1. The summed E-state index contributed by atoms with van der Waals surface area (Å²) in [5.41, 5.74) is 2.02. The molecule has 0 unspecified atom stereocenters. The summed E-state index contributed by atoms with van der Waals surface area (Å²) < 4.78 is 6.31. The molecule has 1 aromatic carbocycles. The Hall–Kier alpha value is -0.870. The minimum Gasteiger partial charge on any atom is -0.381 e. The summed E-state index contributed by atoms with van der Waals surface area (Å²) in [4.78, 5) is 11.9. The highest BCUT2D eigenvalue weighted by Gasteiger charge is 2.17. The number of hydrogen-bond donors (Lipinski definition) is 1. The Labute approximate surface area is 116 Å². The number of halogens is 1. The number of carbonyl (C=O) groups excluding carboxylic acids is 1. The van der Waals surface area contributed by atoms with Gasteiger partial charge in [0.15, 0.2) is 0 Å². The van der Waals surface area contributed by atoms with E-state index in [1.807, 2.05) is 25.1 Å². The lowest BCUT2D eigenvalue weighted by molar-refractivity contribution is -0.117. The molecule has 3 nitrogen and oxygen atoms in total. The van der Waals surface area contributed by atoms with Crippen LogP contribution in [0.4, 0.5) is 5.69 Å². The van der Waals surface area contributed by atoms with Gasteiger partial charge in [-0.05, 0) is 43.4 Å². The van der Waals surface area contributed by atoms with Gasteiger partial charge in [0.05, 0.1) is 0 Å². The smallest absolute Gasteiger partial charge is 0.224 e. The van der Waals surface area contributed by atoms with Gasteiger partial charge < -0.3 is 10.1 Å². The number of aryl methyl sites for hydroxylation is 1. The Morgan fingerprint density at radius 3 is 2.83 bits per heavy atom. The minimum atomic E-state index is 0.0950. The first kappa shape index (κ1) is 13.6. The normalized spacial score (nSPS) is 16.6. The molecule has 1 aliphatic heterocycles. The molecule has 4 heteroatoms. The van der Waals surface area contributed by atoms with Gasteiger partial charge >= 0.3 is 0 Å².